The Hall–Kier alpha value is -1.84. The summed E-state index contributed by atoms with van der Waals surface area (Å²) in [4.78, 5) is 23.2. The summed E-state index contributed by atoms with van der Waals surface area (Å²) < 4.78 is 0. The Morgan fingerprint density at radius 2 is 2.00 bits per heavy atom. The molecule has 1 atom stereocenters. The Bertz CT molecular complexity index is 468. The largest absolute Gasteiger partial charge is 0.480 e. The van der Waals surface area contributed by atoms with Gasteiger partial charge in [-0.2, -0.15) is 0 Å². The lowest BCUT2D eigenvalue weighted by Gasteiger charge is -2.15. The maximum atomic E-state index is 12.1. The van der Waals surface area contributed by atoms with E-state index in [1.54, 1.807) is 12.1 Å². The molecule has 1 unspecified atom stereocenters. The van der Waals surface area contributed by atoms with Gasteiger partial charge in [0.15, 0.2) is 0 Å². The Labute approximate surface area is 113 Å². The van der Waals surface area contributed by atoms with Crippen LogP contribution in [0.15, 0.2) is 18.2 Å². The lowest BCUT2D eigenvalue weighted by molar-refractivity contribution is -0.139. The van der Waals surface area contributed by atoms with Crippen LogP contribution in [-0.4, -0.2) is 23.0 Å². The molecule has 1 aromatic carbocycles. The van der Waals surface area contributed by atoms with Crippen molar-refractivity contribution in [3.05, 3.63) is 34.9 Å². The molecule has 0 aliphatic carbocycles. The molecule has 0 saturated heterocycles. The number of amides is 1. The summed E-state index contributed by atoms with van der Waals surface area (Å²) in [6.45, 7) is 5.79. The maximum absolute atomic E-state index is 12.1. The molecule has 0 aliphatic heterocycles. The van der Waals surface area contributed by atoms with Gasteiger partial charge >= 0.3 is 5.97 Å². The van der Waals surface area contributed by atoms with Crippen molar-refractivity contribution in [2.24, 2.45) is 0 Å². The van der Waals surface area contributed by atoms with Crippen molar-refractivity contribution in [2.45, 2.75) is 46.1 Å². The van der Waals surface area contributed by atoms with Crippen LogP contribution in [0.5, 0.6) is 0 Å². The first-order valence-corrected chi connectivity index (χ1v) is 6.57. The molecule has 1 amide bonds. The molecule has 104 valence electrons. The Kier molecular flexibility index (Phi) is 5.55. The molecule has 4 nitrogen and oxygen atoms in total. The third-order valence-corrected chi connectivity index (χ3v) is 3.30. The van der Waals surface area contributed by atoms with Crippen LogP contribution in [0.4, 0.5) is 0 Å². The minimum Gasteiger partial charge on any atom is -0.480 e. The molecule has 2 N–H and O–H groups in total. The standard InChI is InChI=1S/C15H21NO3/c1-4-5-9-13(15(18)19)16-14(17)12-8-6-7-10(2)11(12)3/h6-8,13H,4-5,9H2,1-3H3,(H,16,17)(H,18,19). The fourth-order valence-electron chi connectivity index (χ4n) is 1.90. The molecule has 0 fully saturated rings. The first-order chi connectivity index (χ1) is 8.97. The summed E-state index contributed by atoms with van der Waals surface area (Å²) in [5, 5.41) is 11.7. The zero-order valence-corrected chi connectivity index (χ0v) is 11.7. The Morgan fingerprint density at radius 3 is 2.58 bits per heavy atom. The fourth-order valence-corrected chi connectivity index (χ4v) is 1.90. The van der Waals surface area contributed by atoms with Gasteiger partial charge in [-0.25, -0.2) is 4.79 Å². The molecule has 0 aliphatic rings. The highest BCUT2D eigenvalue weighted by Crippen LogP contribution is 2.13. The molecule has 0 heterocycles. The van der Waals surface area contributed by atoms with E-state index in [1.165, 1.54) is 0 Å². The van der Waals surface area contributed by atoms with E-state index in [2.05, 4.69) is 5.32 Å². The van der Waals surface area contributed by atoms with Crippen LogP contribution in [0.2, 0.25) is 0 Å². The summed E-state index contributed by atoms with van der Waals surface area (Å²) in [5.74, 6) is -1.29. The summed E-state index contributed by atoms with van der Waals surface area (Å²) in [5.41, 5.74) is 2.45. The number of unbranched alkanes of at least 4 members (excludes halogenated alkanes) is 1. The summed E-state index contributed by atoms with van der Waals surface area (Å²) in [7, 11) is 0. The minimum absolute atomic E-state index is 0.315. The van der Waals surface area contributed by atoms with Gasteiger partial charge in [0.1, 0.15) is 6.04 Å². The van der Waals surface area contributed by atoms with Crippen LogP contribution in [0.25, 0.3) is 0 Å². The minimum atomic E-state index is -0.980. The van der Waals surface area contributed by atoms with Gasteiger partial charge in [-0.1, -0.05) is 31.9 Å². The van der Waals surface area contributed by atoms with Crippen LogP contribution >= 0.6 is 0 Å². The highest BCUT2D eigenvalue weighted by atomic mass is 16.4. The second kappa shape index (κ2) is 6.92. The van der Waals surface area contributed by atoms with Crippen molar-refractivity contribution in [1.82, 2.24) is 5.32 Å². The molecular weight excluding hydrogens is 242 g/mol. The molecule has 0 radical (unpaired) electrons. The predicted molar refractivity (Wildman–Crippen MR) is 74.3 cm³/mol. The van der Waals surface area contributed by atoms with Gasteiger partial charge in [-0.3, -0.25) is 4.79 Å². The van der Waals surface area contributed by atoms with E-state index in [4.69, 9.17) is 5.11 Å². The van der Waals surface area contributed by atoms with E-state index in [1.807, 2.05) is 26.8 Å². The predicted octanol–water partition coefficient (Wildman–Crippen LogP) is 2.68. The average molecular weight is 263 g/mol. The third-order valence-electron chi connectivity index (χ3n) is 3.30. The first-order valence-electron chi connectivity index (χ1n) is 6.57. The number of benzene rings is 1. The molecule has 19 heavy (non-hydrogen) atoms. The highest BCUT2D eigenvalue weighted by Gasteiger charge is 2.20. The Balaban J connectivity index is 2.82. The van der Waals surface area contributed by atoms with Gasteiger partial charge in [-0.15, -0.1) is 0 Å². The normalized spacial score (nSPS) is 11.9. The van der Waals surface area contributed by atoms with E-state index >= 15 is 0 Å². The third kappa shape index (κ3) is 4.09. The number of hydrogen-bond donors (Lipinski definition) is 2. The molecule has 0 bridgehead atoms. The van der Waals surface area contributed by atoms with E-state index in [0.717, 1.165) is 24.0 Å². The molecule has 1 aromatic rings. The number of nitrogens with one attached hydrogen (secondary N) is 1. The zero-order chi connectivity index (χ0) is 14.4. The highest BCUT2D eigenvalue weighted by molar-refractivity contribution is 5.98. The van der Waals surface area contributed by atoms with E-state index in [0.29, 0.717) is 12.0 Å². The van der Waals surface area contributed by atoms with Gasteiger partial charge in [0.2, 0.25) is 0 Å². The zero-order valence-electron chi connectivity index (χ0n) is 11.7. The summed E-state index contributed by atoms with van der Waals surface area (Å²) >= 11 is 0. The molecule has 4 heteroatoms. The number of carbonyl (C=O) groups excluding carboxylic acids is 1. The van der Waals surface area contributed by atoms with Gasteiger partial charge in [0.05, 0.1) is 0 Å². The van der Waals surface area contributed by atoms with Crippen molar-refractivity contribution in [3.8, 4) is 0 Å². The number of aliphatic carboxylic acids is 1. The maximum Gasteiger partial charge on any atom is 0.326 e. The fraction of sp³-hybridized carbons (Fsp3) is 0.467. The number of carboxylic acid groups (broad SMARTS) is 1. The molecule has 0 saturated carbocycles. The van der Waals surface area contributed by atoms with Gasteiger partial charge in [-0.05, 0) is 37.5 Å². The SMILES string of the molecule is CCCCC(NC(=O)c1cccc(C)c1C)C(=O)O. The van der Waals surface area contributed by atoms with Crippen LogP contribution in [0.1, 0.15) is 47.7 Å². The number of rotatable bonds is 6. The second-order valence-electron chi connectivity index (χ2n) is 4.75. The number of aryl methyl sites for hydroxylation is 1. The molecule has 1 rings (SSSR count). The molecule has 0 spiro atoms. The van der Waals surface area contributed by atoms with Gasteiger partial charge in [0, 0.05) is 5.56 Å². The topological polar surface area (TPSA) is 66.4 Å². The van der Waals surface area contributed by atoms with E-state index < -0.39 is 12.0 Å². The lowest BCUT2D eigenvalue weighted by atomic mass is 10.0. The number of carbonyl (C=O) groups is 2. The van der Waals surface area contributed by atoms with E-state index in [9.17, 15) is 9.59 Å². The van der Waals surface area contributed by atoms with E-state index in [-0.39, 0.29) is 5.91 Å². The number of carboxylic acids is 1. The molecular formula is C15H21NO3. The van der Waals surface area contributed by atoms with Crippen LogP contribution in [0, 0.1) is 13.8 Å². The van der Waals surface area contributed by atoms with Crippen molar-refractivity contribution >= 4 is 11.9 Å². The van der Waals surface area contributed by atoms with Crippen LogP contribution in [-0.2, 0) is 4.79 Å². The van der Waals surface area contributed by atoms with Crippen molar-refractivity contribution in [2.75, 3.05) is 0 Å². The monoisotopic (exact) mass is 263 g/mol. The van der Waals surface area contributed by atoms with Gasteiger partial charge < -0.3 is 10.4 Å². The summed E-state index contributed by atoms with van der Waals surface area (Å²) in [6, 6.07) is 4.64. The average Bonchev–Trinajstić information content (AvgIpc) is 2.37. The number of hydrogen-bond acceptors (Lipinski definition) is 2. The summed E-state index contributed by atoms with van der Waals surface area (Å²) in [6.07, 6.45) is 2.15. The van der Waals surface area contributed by atoms with Crippen molar-refractivity contribution in [1.29, 1.82) is 0 Å². The second-order valence-corrected chi connectivity index (χ2v) is 4.75. The van der Waals surface area contributed by atoms with Crippen LogP contribution < -0.4 is 5.32 Å². The molecule has 0 aromatic heterocycles. The first kappa shape index (κ1) is 15.2. The smallest absolute Gasteiger partial charge is 0.326 e. The van der Waals surface area contributed by atoms with Crippen molar-refractivity contribution < 1.29 is 14.7 Å². The quantitative estimate of drug-likeness (QED) is 0.829. The van der Waals surface area contributed by atoms with Gasteiger partial charge in [0.25, 0.3) is 5.91 Å². The lowest BCUT2D eigenvalue weighted by Crippen LogP contribution is -2.41. The van der Waals surface area contributed by atoms with Crippen molar-refractivity contribution in [3.63, 3.8) is 0 Å². The Morgan fingerprint density at radius 1 is 1.32 bits per heavy atom. The van der Waals surface area contributed by atoms with Crippen LogP contribution in [0.3, 0.4) is 0 Å².